The SMILES string of the molecule is Cc1c(C(F)(F)F)ccc(NC(=O)CC2C=CCC2)c1N1CCOCC1. The first-order chi connectivity index (χ1) is 12.4. The van der Waals surface area contributed by atoms with Gasteiger partial charge in [-0.25, -0.2) is 0 Å². The number of nitrogens with zero attached hydrogens (tertiary/aromatic N) is 1. The number of allylic oxidation sites excluding steroid dienone is 2. The van der Waals surface area contributed by atoms with Crippen molar-refractivity contribution in [2.75, 3.05) is 36.5 Å². The number of hydrogen-bond acceptors (Lipinski definition) is 3. The highest BCUT2D eigenvalue weighted by Gasteiger charge is 2.35. The predicted octanol–water partition coefficient (Wildman–Crippen LogP) is 4.15. The van der Waals surface area contributed by atoms with Crippen molar-refractivity contribution in [2.24, 2.45) is 5.92 Å². The van der Waals surface area contributed by atoms with Crippen molar-refractivity contribution in [2.45, 2.75) is 32.4 Å². The molecule has 1 aromatic carbocycles. The Bertz CT molecular complexity index is 695. The Balaban J connectivity index is 1.88. The van der Waals surface area contributed by atoms with Crippen molar-refractivity contribution in [3.8, 4) is 0 Å². The van der Waals surface area contributed by atoms with Crippen LogP contribution in [0.2, 0.25) is 0 Å². The maximum atomic E-state index is 13.3. The van der Waals surface area contributed by atoms with Crippen molar-refractivity contribution in [1.29, 1.82) is 0 Å². The largest absolute Gasteiger partial charge is 0.416 e. The van der Waals surface area contributed by atoms with Crippen LogP contribution in [-0.4, -0.2) is 32.2 Å². The zero-order valence-corrected chi connectivity index (χ0v) is 14.7. The summed E-state index contributed by atoms with van der Waals surface area (Å²) in [7, 11) is 0. The Morgan fingerprint density at radius 2 is 2.04 bits per heavy atom. The number of alkyl halides is 3. The lowest BCUT2D eigenvalue weighted by Crippen LogP contribution is -2.37. The molecule has 1 saturated heterocycles. The molecule has 1 atom stereocenters. The van der Waals surface area contributed by atoms with E-state index in [0.717, 1.165) is 18.9 Å². The molecule has 0 saturated carbocycles. The lowest BCUT2D eigenvalue weighted by molar-refractivity contribution is -0.138. The summed E-state index contributed by atoms with van der Waals surface area (Å²) in [4.78, 5) is 14.2. The molecule has 4 nitrogen and oxygen atoms in total. The number of halogens is 3. The average molecular weight is 368 g/mol. The molecule has 7 heteroatoms. The van der Waals surface area contributed by atoms with Crippen molar-refractivity contribution in [1.82, 2.24) is 0 Å². The molecule has 1 amide bonds. The van der Waals surface area contributed by atoms with Crippen LogP contribution in [0.25, 0.3) is 0 Å². The van der Waals surface area contributed by atoms with Crippen molar-refractivity contribution < 1.29 is 22.7 Å². The third-order valence-corrected chi connectivity index (χ3v) is 4.90. The zero-order valence-electron chi connectivity index (χ0n) is 14.7. The maximum absolute atomic E-state index is 13.3. The molecule has 0 spiro atoms. The van der Waals surface area contributed by atoms with Gasteiger partial charge in [0.25, 0.3) is 0 Å². The standard InChI is InChI=1S/C19H23F3N2O2/c1-13-15(19(20,21)22)6-7-16(18(13)24-8-10-26-11-9-24)23-17(25)12-14-4-2-3-5-14/h2,4,6-7,14H,3,5,8-12H2,1H3,(H,23,25). The molecule has 1 fully saturated rings. The molecule has 1 unspecified atom stereocenters. The van der Waals surface area contributed by atoms with Crippen molar-refractivity contribution >= 4 is 17.3 Å². The summed E-state index contributed by atoms with van der Waals surface area (Å²) in [5.41, 5.74) is 0.344. The minimum atomic E-state index is -4.43. The van der Waals surface area contributed by atoms with Gasteiger partial charge < -0.3 is 15.0 Å². The van der Waals surface area contributed by atoms with Gasteiger partial charge in [-0.3, -0.25) is 4.79 Å². The van der Waals surface area contributed by atoms with E-state index in [1.807, 2.05) is 11.0 Å². The van der Waals surface area contributed by atoms with Crippen molar-refractivity contribution in [3.05, 3.63) is 35.4 Å². The first-order valence-corrected chi connectivity index (χ1v) is 8.86. The van der Waals surface area contributed by atoms with E-state index in [0.29, 0.717) is 44.1 Å². The number of nitrogens with one attached hydrogen (secondary N) is 1. The number of ether oxygens (including phenoxy) is 1. The molecule has 1 heterocycles. The summed E-state index contributed by atoms with van der Waals surface area (Å²) >= 11 is 0. The number of carbonyl (C=O) groups is 1. The molecule has 1 aliphatic heterocycles. The number of rotatable bonds is 4. The number of anilines is 2. The second kappa shape index (κ2) is 7.70. The van der Waals surface area contributed by atoms with Crippen LogP contribution in [-0.2, 0) is 15.7 Å². The lowest BCUT2D eigenvalue weighted by Gasteiger charge is -2.33. The summed E-state index contributed by atoms with van der Waals surface area (Å²) in [6.07, 6.45) is 1.91. The van der Waals surface area contributed by atoms with Gasteiger partial charge in [-0.1, -0.05) is 12.2 Å². The average Bonchev–Trinajstić information content (AvgIpc) is 3.07. The fourth-order valence-corrected chi connectivity index (χ4v) is 3.61. The minimum absolute atomic E-state index is 0.137. The molecule has 0 radical (unpaired) electrons. The third kappa shape index (κ3) is 4.20. The summed E-state index contributed by atoms with van der Waals surface area (Å²) in [6, 6.07) is 2.41. The smallest absolute Gasteiger partial charge is 0.378 e. The fourth-order valence-electron chi connectivity index (χ4n) is 3.61. The van der Waals surface area contributed by atoms with E-state index in [9.17, 15) is 18.0 Å². The van der Waals surface area contributed by atoms with Gasteiger partial charge in [-0.2, -0.15) is 13.2 Å². The highest BCUT2D eigenvalue weighted by molar-refractivity contribution is 5.95. The van der Waals surface area contributed by atoms with Gasteiger partial charge in [0, 0.05) is 19.5 Å². The Kier molecular flexibility index (Phi) is 5.55. The Labute approximate surface area is 151 Å². The number of morpholine rings is 1. The first-order valence-electron chi connectivity index (χ1n) is 8.86. The third-order valence-electron chi connectivity index (χ3n) is 4.90. The number of hydrogen-bond donors (Lipinski definition) is 1. The summed E-state index contributed by atoms with van der Waals surface area (Å²) in [5, 5.41) is 2.83. The molecule has 26 heavy (non-hydrogen) atoms. The van der Waals surface area contributed by atoms with E-state index < -0.39 is 11.7 Å². The number of carbonyl (C=O) groups excluding carboxylic acids is 1. The Morgan fingerprint density at radius 3 is 2.65 bits per heavy atom. The molecule has 2 aliphatic rings. The molecule has 0 bridgehead atoms. The molecule has 0 aromatic heterocycles. The fraction of sp³-hybridized carbons (Fsp3) is 0.526. The Morgan fingerprint density at radius 1 is 1.31 bits per heavy atom. The van der Waals surface area contributed by atoms with E-state index in [-0.39, 0.29) is 17.4 Å². The van der Waals surface area contributed by atoms with E-state index in [1.54, 1.807) is 0 Å². The van der Waals surface area contributed by atoms with Gasteiger partial charge in [0.1, 0.15) is 0 Å². The predicted molar refractivity (Wildman–Crippen MR) is 94.3 cm³/mol. The zero-order chi connectivity index (χ0) is 18.7. The number of benzene rings is 1. The highest BCUT2D eigenvalue weighted by atomic mass is 19.4. The first kappa shape index (κ1) is 18.8. The van der Waals surface area contributed by atoms with Gasteiger partial charge in [0.15, 0.2) is 0 Å². The molecule has 142 valence electrons. The van der Waals surface area contributed by atoms with Gasteiger partial charge >= 0.3 is 6.18 Å². The quantitative estimate of drug-likeness (QED) is 0.812. The van der Waals surface area contributed by atoms with E-state index in [1.165, 1.54) is 13.0 Å². The van der Waals surface area contributed by atoms with Crippen molar-refractivity contribution in [3.63, 3.8) is 0 Å². The normalized spacial score (nSPS) is 20.5. The molecule has 1 aliphatic carbocycles. The Hall–Kier alpha value is -2.02. The topological polar surface area (TPSA) is 41.6 Å². The van der Waals surface area contributed by atoms with E-state index >= 15 is 0 Å². The van der Waals surface area contributed by atoms with E-state index in [2.05, 4.69) is 11.4 Å². The number of amides is 1. The highest BCUT2D eigenvalue weighted by Crippen LogP contribution is 2.40. The van der Waals surface area contributed by atoms with E-state index in [4.69, 9.17) is 4.74 Å². The van der Waals surface area contributed by atoms with Gasteiger partial charge in [0.05, 0.1) is 30.2 Å². The molecular weight excluding hydrogens is 345 g/mol. The second-order valence-electron chi connectivity index (χ2n) is 6.75. The summed E-state index contributed by atoms with van der Waals surface area (Å²) in [5.74, 6) is 0.0348. The molecule has 1 aromatic rings. The van der Waals surface area contributed by atoms with Crippen LogP contribution in [0.3, 0.4) is 0 Å². The van der Waals surface area contributed by atoms with Crippen LogP contribution in [0.5, 0.6) is 0 Å². The van der Waals surface area contributed by atoms with Gasteiger partial charge in [0.2, 0.25) is 5.91 Å². The summed E-state index contributed by atoms with van der Waals surface area (Å²) in [6.45, 7) is 3.36. The summed E-state index contributed by atoms with van der Waals surface area (Å²) < 4.78 is 45.3. The van der Waals surface area contributed by atoms with Gasteiger partial charge in [-0.05, 0) is 43.4 Å². The molecule has 1 N–H and O–H groups in total. The second-order valence-corrected chi connectivity index (χ2v) is 6.75. The molecular formula is C19H23F3N2O2. The van der Waals surface area contributed by atoms with Crippen LogP contribution < -0.4 is 10.2 Å². The van der Waals surface area contributed by atoms with Crippen LogP contribution in [0.4, 0.5) is 24.5 Å². The monoisotopic (exact) mass is 368 g/mol. The van der Waals surface area contributed by atoms with Crippen LogP contribution in [0.1, 0.15) is 30.4 Å². The van der Waals surface area contributed by atoms with Crippen LogP contribution in [0.15, 0.2) is 24.3 Å². The lowest BCUT2D eigenvalue weighted by atomic mass is 10.0. The van der Waals surface area contributed by atoms with Crippen LogP contribution >= 0.6 is 0 Å². The molecule has 3 rings (SSSR count). The van der Waals surface area contributed by atoms with Crippen LogP contribution in [0, 0.1) is 12.8 Å². The minimum Gasteiger partial charge on any atom is -0.378 e. The van der Waals surface area contributed by atoms with Gasteiger partial charge in [-0.15, -0.1) is 0 Å². The maximum Gasteiger partial charge on any atom is 0.416 e.